The highest BCUT2D eigenvalue weighted by Crippen LogP contribution is 2.54. The van der Waals surface area contributed by atoms with Crippen LogP contribution in [0.1, 0.15) is 0 Å². The van der Waals surface area contributed by atoms with E-state index in [1.54, 1.807) is 0 Å². The molecule has 2 aromatic heterocycles. The van der Waals surface area contributed by atoms with E-state index in [0.717, 1.165) is 161 Å². The smallest absolute Gasteiger partial charge is 0.137 e. The third kappa shape index (κ3) is 10.9. The summed E-state index contributed by atoms with van der Waals surface area (Å²) in [6.07, 6.45) is 0. The van der Waals surface area contributed by atoms with Crippen molar-refractivity contribution in [1.29, 1.82) is 0 Å². The summed E-state index contributed by atoms with van der Waals surface area (Å²) in [5.41, 5.74) is 25.3. The van der Waals surface area contributed by atoms with Crippen molar-refractivity contribution in [2.45, 2.75) is 0 Å². The van der Waals surface area contributed by atoms with Crippen LogP contribution < -0.4 is 9.80 Å². The maximum Gasteiger partial charge on any atom is 0.137 e. The van der Waals surface area contributed by atoms with Gasteiger partial charge in [-0.25, -0.2) is 0 Å². The molecule has 0 amide bonds. The first-order valence-corrected chi connectivity index (χ1v) is 38.4. The second-order valence-electron chi connectivity index (χ2n) is 29.4. The minimum atomic E-state index is 0.814. The van der Waals surface area contributed by atoms with Crippen LogP contribution in [0, 0.1) is 0 Å². The number of para-hydroxylation sites is 1. The summed E-state index contributed by atoms with van der Waals surface area (Å²) >= 11 is 0. The normalized spacial score (nSPS) is 11.8. The molecule has 0 atom stereocenters. The van der Waals surface area contributed by atoms with E-state index in [4.69, 9.17) is 8.83 Å². The molecule has 0 N–H and O–H groups in total. The van der Waals surface area contributed by atoms with Gasteiger partial charge in [0.15, 0.2) is 0 Å². The number of anilines is 6. The van der Waals surface area contributed by atoms with E-state index < -0.39 is 0 Å². The molecule has 4 nitrogen and oxygen atoms in total. The molecule has 2 heterocycles. The first kappa shape index (κ1) is 64.3. The second-order valence-corrected chi connectivity index (χ2v) is 29.4. The first-order valence-electron chi connectivity index (χ1n) is 38.4. The van der Waals surface area contributed by atoms with E-state index in [0.29, 0.717) is 0 Å². The van der Waals surface area contributed by atoms with E-state index in [-0.39, 0.29) is 0 Å². The summed E-state index contributed by atoms with van der Waals surface area (Å²) in [4.78, 5) is 5.02. The van der Waals surface area contributed by atoms with Crippen molar-refractivity contribution in [1.82, 2.24) is 0 Å². The van der Waals surface area contributed by atoms with Gasteiger partial charge in [0.05, 0.1) is 33.8 Å². The largest absolute Gasteiger partial charge is 0.456 e. The Morgan fingerprint density at radius 2 is 0.562 bits per heavy atom. The average Bonchev–Trinajstić information content (AvgIpc) is 1.14. The standard InChI is InChI=1S/C108H68N2O2/c1-3-22-69(23-4-1)79-53-57-97(94(65-79)82-48-45-71-26-7-8-31-77(71)62-82)109(100-59-51-75-29-11-15-36-88(75)106(100)91-39-19-32-73-27-9-13-34-86(73)91)85-55-61-103-96(68-85)90-56-50-81(67-105(90)112-103)78-47-44-72-46-49-83(64-84(72)63-78)95-66-80(70-24-5-2-6-25-70)54-58-98(95)110(99-41-21-43-104-108(99)93-38-17-18-42-102(93)111-104)101-60-52-76-30-12-16-37-89(76)107(101)92-40-20-33-74-28-10-14-35-87(74)92/h1-68H. The van der Waals surface area contributed by atoms with E-state index in [2.05, 4.69) is 422 Å². The van der Waals surface area contributed by atoms with Gasteiger partial charge in [0, 0.05) is 44.1 Å². The third-order valence-corrected chi connectivity index (χ3v) is 23.0. The molecule has 0 aliphatic carbocycles. The fourth-order valence-electron chi connectivity index (χ4n) is 17.7. The Balaban J connectivity index is 0.713. The van der Waals surface area contributed by atoms with Crippen LogP contribution in [0.5, 0.6) is 0 Å². The van der Waals surface area contributed by atoms with Crippen molar-refractivity contribution in [2.75, 3.05) is 9.80 Å². The molecule has 22 aromatic rings. The van der Waals surface area contributed by atoms with Crippen molar-refractivity contribution in [3.8, 4) is 77.9 Å². The molecule has 0 radical (unpaired) electrons. The highest BCUT2D eigenvalue weighted by molar-refractivity contribution is 6.19. The molecule has 0 saturated heterocycles. The highest BCUT2D eigenvalue weighted by Gasteiger charge is 2.29. The molecule has 0 fully saturated rings. The molecule has 0 saturated carbocycles. The van der Waals surface area contributed by atoms with Crippen LogP contribution in [0.4, 0.5) is 34.1 Å². The fraction of sp³-hybridized carbons (Fsp3) is 0. The predicted octanol–water partition coefficient (Wildman–Crippen LogP) is 31.0. The molecule has 522 valence electrons. The lowest BCUT2D eigenvalue weighted by molar-refractivity contribution is 0.668. The highest BCUT2D eigenvalue weighted by atomic mass is 16.3. The Morgan fingerprint density at radius 1 is 0.161 bits per heavy atom. The van der Waals surface area contributed by atoms with Crippen LogP contribution in [0.2, 0.25) is 0 Å². The number of fused-ring (bicyclic) bond motifs is 12. The lowest BCUT2D eigenvalue weighted by Gasteiger charge is -2.31. The molecule has 4 heteroatoms. The van der Waals surface area contributed by atoms with Crippen LogP contribution in [-0.4, -0.2) is 0 Å². The van der Waals surface area contributed by atoms with Crippen molar-refractivity contribution in [3.05, 3.63) is 413 Å². The Labute approximate surface area is 647 Å². The van der Waals surface area contributed by atoms with Crippen LogP contribution in [0.3, 0.4) is 0 Å². The first-order chi connectivity index (χ1) is 55.5. The molecule has 20 aromatic carbocycles. The maximum absolute atomic E-state index is 7.08. The molecule has 0 aliphatic rings. The van der Waals surface area contributed by atoms with Crippen LogP contribution in [-0.2, 0) is 0 Å². The lowest BCUT2D eigenvalue weighted by atomic mass is 9.90. The average molecular weight is 1430 g/mol. The third-order valence-electron chi connectivity index (χ3n) is 23.0. The Bertz CT molecular complexity index is 7530. The molecule has 0 aliphatic heterocycles. The summed E-state index contributed by atoms with van der Waals surface area (Å²) in [7, 11) is 0. The number of benzene rings is 20. The summed E-state index contributed by atoms with van der Waals surface area (Å²) < 4.78 is 13.8. The minimum Gasteiger partial charge on any atom is -0.456 e. The summed E-state index contributed by atoms with van der Waals surface area (Å²) in [6, 6.07) is 151. The quantitative estimate of drug-likeness (QED) is 0.115. The van der Waals surface area contributed by atoms with Gasteiger partial charge in [0.25, 0.3) is 0 Å². The summed E-state index contributed by atoms with van der Waals surface area (Å²) in [6.45, 7) is 0. The van der Waals surface area contributed by atoms with Gasteiger partial charge in [-0.05, 0) is 223 Å². The van der Waals surface area contributed by atoms with Gasteiger partial charge >= 0.3 is 0 Å². The molecule has 22 rings (SSSR count). The van der Waals surface area contributed by atoms with Gasteiger partial charge < -0.3 is 18.6 Å². The van der Waals surface area contributed by atoms with Gasteiger partial charge in [-0.15, -0.1) is 0 Å². The molecule has 0 unspecified atom stereocenters. The zero-order valence-electron chi connectivity index (χ0n) is 61.0. The topological polar surface area (TPSA) is 32.8 Å². The fourth-order valence-corrected chi connectivity index (χ4v) is 17.7. The van der Waals surface area contributed by atoms with E-state index >= 15 is 0 Å². The molecule has 0 spiro atoms. The van der Waals surface area contributed by atoms with Crippen molar-refractivity contribution < 1.29 is 8.83 Å². The van der Waals surface area contributed by atoms with Gasteiger partial charge in [-0.3, -0.25) is 0 Å². The van der Waals surface area contributed by atoms with E-state index in [1.807, 2.05) is 0 Å². The molecular formula is C108H68N2O2. The van der Waals surface area contributed by atoms with Gasteiger partial charge in [-0.2, -0.15) is 0 Å². The second kappa shape index (κ2) is 26.5. The number of hydrogen-bond acceptors (Lipinski definition) is 4. The van der Waals surface area contributed by atoms with Crippen molar-refractivity contribution in [3.63, 3.8) is 0 Å². The lowest BCUT2D eigenvalue weighted by Crippen LogP contribution is -2.13. The Morgan fingerprint density at radius 3 is 1.19 bits per heavy atom. The number of furan rings is 2. The molecule has 112 heavy (non-hydrogen) atoms. The zero-order chi connectivity index (χ0) is 73.7. The summed E-state index contributed by atoms with van der Waals surface area (Å²) in [5.74, 6) is 0. The summed E-state index contributed by atoms with van der Waals surface area (Å²) in [5, 5.41) is 18.2. The van der Waals surface area contributed by atoms with Crippen LogP contribution in [0.25, 0.3) is 186 Å². The number of rotatable bonds is 13. The van der Waals surface area contributed by atoms with E-state index in [1.165, 1.54) is 59.4 Å². The molecule has 0 bridgehead atoms. The van der Waals surface area contributed by atoms with Crippen LogP contribution >= 0.6 is 0 Å². The van der Waals surface area contributed by atoms with Crippen molar-refractivity contribution >= 4 is 143 Å². The van der Waals surface area contributed by atoms with Crippen molar-refractivity contribution in [2.24, 2.45) is 0 Å². The zero-order valence-corrected chi connectivity index (χ0v) is 61.0. The minimum absolute atomic E-state index is 0.814. The van der Waals surface area contributed by atoms with Gasteiger partial charge in [-0.1, -0.05) is 309 Å². The number of hydrogen-bond donors (Lipinski definition) is 0. The SMILES string of the molecule is c1ccc(-c2ccc(N(c3ccc4oc5cc(-c6ccc7ccc(-c8cc(-c9ccccc9)ccc8N(c8ccc9ccccc9c8-c8cccc9ccccc89)c8cccc9oc%10ccccc%10c89)cc7c6)ccc5c4c3)c3ccc4ccccc4c3-c3cccc4ccccc34)c(-c3ccc4ccccc4c3)c2)cc1. The van der Waals surface area contributed by atoms with Crippen LogP contribution in [0.15, 0.2) is 421 Å². The van der Waals surface area contributed by atoms with Gasteiger partial charge in [0.2, 0.25) is 0 Å². The maximum atomic E-state index is 7.08. The van der Waals surface area contributed by atoms with E-state index in [9.17, 15) is 0 Å². The number of nitrogens with zero attached hydrogens (tertiary/aromatic N) is 2. The van der Waals surface area contributed by atoms with Gasteiger partial charge in [0.1, 0.15) is 22.3 Å². The monoisotopic (exact) mass is 1420 g/mol. The Hall–Kier alpha value is -14.8. The molecular weight excluding hydrogens is 1360 g/mol. The predicted molar refractivity (Wildman–Crippen MR) is 473 cm³/mol. The Kier molecular flexibility index (Phi) is 15.2.